The highest BCUT2D eigenvalue weighted by atomic mass is 16.2. The first-order valence-electron chi connectivity index (χ1n) is 8.18. The summed E-state index contributed by atoms with van der Waals surface area (Å²) in [4.78, 5) is 37.7. The normalized spacial score (nSPS) is 10.1. The summed E-state index contributed by atoms with van der Waals surface area (Å²) >= 11 is 0. The van der Waals surface area contributed by atoms with Crippen LogP contribution in [0.25, 0.3) is 0 Å². The van der Waals surface area contributed by atoms with E-state index in [1.165, 1.54) is 0 Å². The third-order valence-electron chi connectivity index (χ3n) is 3.56. The van der Waals surface area contributed by atoms with Gasteiger partial charge in [0.1, 0.15) is 0 Å². The Morgan fingerprint density at radius 1 is 1.08 bits per heavy atom. The van der Waals surface area contributed by atoms with Crippen LogP contribution in [-0.4, -0.2) is 48.8 Å². The van der Waals surface area contributed by atoms with Crippen LogP contribution in [0.3, 0.4) is 0 Å². The molecule has 0 radical (unpaired) electrons. The fraction of sp³-hybridized carbons (Fsp3) is 0.471. The van der Waals surface area contributed by atoms with Crippen LogP contribution in [-0.2, 0) is 9.59 Å². The lowest BCUT2D eigenvalue weighted by Crippen LogP contribution is -2.31. The van der Waals surface area contributed by atoms with Crippen molar-refractivity contribution in [3.8, 4) is 0 Å². The molecular formula is C17H26N4O3. The highest BCUT2D eigenvalue weighted by molar-refractivity contribution is 6.04. The summed E-state index contributed by atoms with van der Waals surface area (Å²) in [5.41, 5.74) is 6.16. The molecule has 7 heteroatoms. The third kappa shape index (κ3) is 6.00. The molecule has 0 saturated heterocycles. The van der Waals surface area contributed by atoms with E-state index in [1.807, 2.05) is 13.8 Å². The molecular weight excluding hydrogens is 308 g/mol. The van der Waals surface area contributed by atoms with Gasteiger partial charge in [0, 0.05) is 39.0 Å². The Morgan fingerprint density at radius 3 is 2.38 bits per heavy atom. The lowest BCUT2D eigenvalue weighted by Gasteiger charge is -2.18. The molecule has 0 bridgehead atoms. The molecule has 3 amide bonds. The lowest BCUT2D eigenvalue weighted by atomic mass is 10.1. The van der Waals surface area contributed by atoms with E-state index in [-0.39, 0.29) is 30.6 Å². The minimum Gasteiger partial charge on any atom is -0.351 e. The van der Waals surface area contributed by atoms with Crippen molar-refractivity contribution in [2.75, 3.05) is 31.5 Å². The zero-order chi connectivity index (χ0) is 17.9. The van der Waals surface area contributed by atoms with Crippen molar-refractivity contribution in [2.45, 2.75) is 26.7 Å². The number of benzene rings is 1. The first kappa shape index (κ1) is 19.6. The molecule has 0 spiro atoms. The van der Waals surface area contributed by atoms with Crippen LogP contribution in [0.15, 0.2) is 24.3 Å². The number of amides is 3. The quantitative estimate of drug-likeness (QED) is 0.625. The Balaban J connectivity index is 2.64. The van der Waals surface area contributed by atoms with Crippen molar-refractivity contribution in [2.24, 2.45) is 5.73 Å². The Labute approximate surface area is 142 Å². The number of nitrogens with one attached hydrogen (secondary N) is 2. The second-order valence-corrected chi connectivity index (χ2v) is 5.20. The van der Waals surface area contributed by atoms with Gasteiger partial charge in [-0.1, -0.05) is 12.1 Å². The molecule has 1 aromatic rings. The average molecular weight is 334 g/mol. The van der Waals surface area contributed by atoms with Crippen LogP contribution in [0.1, 0.15) is 37.0 Å². The van der Waals surface area contributed by atoms with Gasteiger partial charge in [0.2, 0.25) is 11.8 Å². The first-order chi connectivity index (χ1) is 11.5. The summed E-state index contributed by atoms with van der Waals surface area (Å²) in [6.45, 7) is 5.75. The molecule has 0 atom stereocenters. The fourth-order valence-corrected chi connectivity index (χ4v) is 2.24. The molecule has 0 aliphatic heterocycles. The Bertz CT molecular complexity index is 571. The number of rotatable bonds is 9. The molecule has 24 heavy (non-hydrogen) atoms. The van der Waals surface area contributed by atoms with E-state index in [0.717, 1.165) is 0 Å². The van der Waals surface area contributed by atoms with E-state index < -0.39 is 0 Å². The van der Waals surface area contributed by atoms with Crippen LogP contribution < -0.4 is 16.4 Å². The van der Waals surface area contributed by atoms with E-state index >= 15 is 0 Å². The van der Waals surface area contributed by atoms with Crippen molar-refractivity contribution in [3.63, 3.8) is 0 Å². The summed E-state index contributed by atoms with van der Waals surface area (Å²) < 4.78 is 0. The third-order valence-corrected chi connectivity index (χ3v) is 3.56. The predicted molar refractivity (Wildman–Crippen MR) is 93.6 cm³/mol. The van der Waals surface area contributed by atoms with Gasteiger partial charge in [0.25, 0.3) is 5.91 Å². The monoisotopic (exact) mass is 334 g/mol. The Kier molecular flexibility index (Phi) is 8.49. The molecule has 0 heterocycles. The number of carbonyl (C=O) groups excluding carboxylic acids is 3. The minimum absolute atomic E-state index is 0.0517. The van der Waals surface area contributed by atoms with Gasteiger partial charge in [0.15, 0.2) is 0 Å². The lowest BCUT2D eigenvalue weighted by molar-refractivity contribution is -0.132. The van der Waals surface area contributed by atoms with Gasteiger partial charge < -0.3 is 21.3 Å². The van der Waals surface area contributed by atoms with Gasteiger partial charge in [-0.3, -0.25) is 14.4 Å². The van der Waals surface area contributed by atoms with Gasteiger partial charge in [0.05, 0.1) is 11.3 Å². The summed E-state index contributed by atoms with van der Waals surface area (Å²) in [7, 11) is 0. The zero-order valence-electron chi connectivity index (χ0n) is 14.3. The van der Waals surface area contributed by atoms with E-state index in [4.69, 9.17) is 5.73 Å². The number of nitrogens with zero attached hydrogens (tertiary/aromatic N) is 1. The van der Waals surface area contributed by atoms with E-state index in [9.17, 15) is 14.4 Å². The van der Waals surface area contributed by atoms with Crippen LogP contribution in [0, 0.1) is 0 Å². The second-order valence-electron chi connectivity index (χ2n) is 5.20. The van der Waals surface area contributed by atoms with E-state index in [0.29, 0.717) is 37.4 Å². The minimum atomic E-state index is -0.297. The molecule has 7 nitrogen and oxygen atoms in total. The molecule has 0 saturated carbocycles. The molecule has 4 N–H and O–H groups in total. The Hall–Kier alpha value is -2.41. The van der Waals surface area contributed by atoms with Crippen molar-refractivity contribution in [1.82, 2.24) is 10.2 Å². The number of hydrogen-bond acceptors (Lipinski definition) is 4. The van der Waals surface area contributed by atoms with Crippen LogP contribution >= 0.6 is 0 Å². The maximum absolute atomic E-state index is 12.1. The predicted octanol–water partition coefficient (Wildman–Crippen LogP) is 0.962. The van der Waals surface area contributed by atoms with Crippen molar-refractivity contribution < 1.29 is 14.4 Å². The summed E-state index contributed by atoms with van der Waals surface area (Å²) in [6.07, 6.45) is 0.225. The largest absolute Gasteiger partial charge is 0.351 e. The molecule has 1 aromatic carbocycles. The van der Waals surface area contributed by atoms with Crippen LogP contribution in [0.2, 0.25) is 0 Å². The SMILES string of the molecule is CCN(CC)C(=O)CCC(=O)Nc1ccccc1C(=O)NCCN. The number of nitrogens with two attached hydrogens (primary N) is 1. The zero-order valence-corrected chi connectivity index (χ0v) is 14.3. The summed E-state index contributed by atoms with van der Waals surface area (Å²) in [5.74, 6) is -0.644. The van der Waals surface area contributed by atoms with Crippen molar-refractivity contribution in [1.29, 1.82) is 0 Å². The Morgan fingerprint density at radius 2 is 1.75 bits per heavy atom. The second kappa shape index (κ2) is 10.4. The first-order valence-corrected chi connectivity index (χ1v) is 8.18. The number of anilines is 1. The van der Waals surface area contributed by atoms with Gasteiger partial charge >= 0.3 is 0 Å². The number of carbonyl (C=O) groups is 3. The van der Waals surface area contributed by atoms with E-state index in [2.05, 4.69) is 10.6 Å². The fourth-order valence-electron chi connectivity index (χ4n) is 2.24. The average Bonchev–Trinajstić information content (AvgIpc) is 2.59. The molecule has 1 rings (SSSR count). The highest BCUT2D eigenvalue weighted by Gasteiger charge is 2.15. The maximum Gasteiger partial charge on any atom is 0.253 e. The van der Waals surface area contributed by atoms with Gasteiger partial charge in [-0.05, 0) is 26.0 Å². The highest BCUT2D eigenvalue weighted by Crippen LogP contribution is 2.15. The van der Waals surface area contributed by atoms with E-state index in [1.54, 1.807) is 29.2 Å². The van der Waals surface area contributed by atoms with Gasteiger partial charge in [-0.2, -0.15) is 0 Å². The van der Waals surface area contributed by atoms with Crippen molar-refractivity contribution >= 4 is 23.4 Å². The summed E-state index contributed by atoms with van der Waals surface area (Å²) in [6, 6.07) is 6.73. The molecule has 0 fully saturated rings. The topological polar surface area (TPSA) is 105 Å². The van der Waals surface area contributed by atoms with Gasteiger partial charge in [-0.25, -0.2) is 0 Å². The molecule has 0 aliphatic rings. The van der Waals surface area contributed by atoms with Crippen LogP contribution in [0.4, 0.5) is 5.69 Å². The van der Waals surface area contributed by atoms with Crippen molar-refractivity contribution in [3.05, 3.63) is 29.8 Å². The molecule has 0 aliphatic carbocycles. The number of hydrogen-bond donors (Lipinski definition) is 3. The summed E-state index contributed by atoms with van der Waals surface area (Å²) in [5, 5.41) is 5.36. The molecule has 132 valence electrons. The molecule has 0 aromatic heterocycles. The number of para-hydroxylation sites is 1. The van der Waals surface area contributed by atoms with Gasteiger partial charge in [-0.15, -0.1) is 0 Å². The van der Waals surface area contributed by atoms with Crippen LogP contribution in [0.5, 0.6) is 0 Å². The maximum atomic E-state index is 12.1. The standard InChI is InChI=1S/C17H26N4O3/c1-3-21(4-2)16(23)10-9-15(22)20-14-8-6-5-7-13(14)17(24)19-12-11-18/h5-8H,3-4,9-12,18H2,1-2H3,(H,19,24)(H,20,22). The molecule has 0 unspecified atom stereocenters. The smallest absolute Gasteiger partial charge is 0.253 e.